The van der Waals surface area contributed by atoms with Crippen LogP contribution in [0, 0.1) is 0 Å². The molecular weight excluding hydrogens is 146 g/mol. The molecule has 0 aliphatic rings. The Bertz CT molecular complexity index is 324. The quantitative estimate of drug-likeness (QED) is 0.555. The monoisotopic (exact) mass is 153 g/mol. The minimum atomic E-state index is 0.809. The van der Waals surface area contributed by atoms with Gasteiger partial charge >= 0.3 is 0 Å². The molecule has 0 amide bonds. The molecule has 0 saturated heterocycles. The number of hydrogen-bond acceptors (Lipinski definition) is 3. The maximum atomic E-state index is 5.63. The smallest absolute Gasteiger partial charge is 0.124 e. The number of nitrogens with zero attached hydrogens (tertiary/aromatic N) is 1. The third kappa shape index (κ3) is 0.537. The fourth-order valence-corrected chi connectivity index (χ4v) is 1.82. The first-order valence-electron chi connectivity index (χ1n) is 2.88. The van der Waals surface area contributed by atoms with Gasteiger partial charge in [0, 0.05) is 17.0 Å². The van der Waals surface area contributed by atoms with Crippen LogP contribution in [0.25, 0.3) is 10.2 Å². The van der Waals surface area contributed by atoms with Crippen molar-refractivity contribution in [3.8, 4) is 0 Å². The SMILES string of the molecule is Nc1csc2c1ccn2N. The standard InChI is InChI=1S/C6H7N3S/c7-5-3-10-6-4(5)1-2-9(6)8/h1-3H,7-8H2. The molecule has 10 heavy (non-hydrogen) atoms. The van der Waals surface area contributed by atoms with Crippen molar-refractivity contribution in [2.45, 2.75) is 0 Å². The number of fused-ring (bicyclic) bond motifs is 1. The second-order valence-corrected chi connectivity index (χ2v) is 2.99. The predicted molar refractivity (Wildman–Crippen MR) is 44.4 cm³/mol. The second kappa shape index (κ2) is 1.67. The normalized spacial score (nSPS) is 10.8. The Balaban J connectivity index is 2.95. The van der Waals surface area contributed by atoms with Crippen LogP contribution in [0.4, 0.5) is 5.69 Å². The van der Waals surface area contributed by atoms with Crippen LogP contribution in [-0.4, -0.2) is 4.68 Å². The molecule has 0 radical (unpaired) electrons. The Morgan fingerprint density at radius 1 is 1.50 bits per heavy atom. The summed E-state index contributed by atoms with van der Waals surface area (Å²) in [5.74, 6) is 5.56. The first kappa shape index (κ1) is 5.61. The molecule has 2 rings (SSSR count). The third-order valence-corrected chi connectivity index (χ3v) is 2.50. The molecule has 2 aromatic heterocycles. The van der Waals surface area contributed by atoms with Crippen molar-refractivity contribution < 1.29 is 0 Å². The summed E-state index contributed by atoms with van der Waals surface area (Å²) in [5, 5.41) is 2.95. The van der Waals surface area contributed by atoms with Gasteiger partial charge in [-0.05, 0) is 6.07 Å². The molecule has 0 aliphatic heterocycles. The highest BCUT2D eigenvalue weighted by Gasteiger charge is 2.02. The number of thiophene rings is 1. The first-order chi connectivity index (χ1) is 4.79. The molecular formula is C6H7N3S. The van der Waals surface area contributed by atoms with Crippen molar-refractivity contribution in [1.82, 2.24) is 4.68 Å². The van der Waals surface area contributed by atoms with Crippen LogP contribution in [0.1, 0.15) is 0 Å². The van der Waals surface area contributed by atoms with E-state index in [0.29, 0.717) is 0 Å². The zero-order chi connectivity index (χ0) is 7.14. The van der Waals surface area contributed by atoms with Crippen LogP contribution in [0.2, 0.25) is 0 Å². The van der Waals surface area contributed by atoms with Gasteiger partial charge in [0.05, 0.1) is 5.69 Å². The van der Waals surface area contributed by atoms with E-state index in [2.05, 4.69) is 0 Å². The number of nitrogens with two attached hydrogens (primary N) is 2. The Kier molecular flexibility index (Phi) is 0.935. The molecule has 0 spiro atoms. The number of rotatable bonds is 0. The van der Waals surface area contributed by atoms with Gasteiger partial charge in [-0.15, -0.1) is 11.3 Å². The van der Waals surface area contributed by atoms with Crippen molar-refractivity contribution >= 4 is 27.2 Å². The van der Waals surface area contributed by atoms with E-state index in [1.807, 2.05) is 11.4 Å². The molecule has 3 nitrogen and oxygen atoms in total. The molecule has 0 saturated carbocycles. The van der Waals surface area contributed by atoms with Crippen molar-refractivity contribution in [1.29, 1.82) is 0 Å². The van der Waals surface area contributed by atoms with E-state index in [1.54, 1.807) is 22.2 Å². The van der Waals surface area contributed by atoms with Gasteiger partial charge in [0.25, 0.3) is 0 Å². The summed E-state index contributed by atoms with van der Waals surface area (Å²) < 4.78 is 1.58. The summed E-state index contributed by atoms with van der Waals surface area (Å²) in [5.41, 5.74) is 6.44. The summed E-state index contributed by atoms with van der Waals surface area (Å²) in [7, 11) is 0. The molecule has 0 atom stereocenters. The van der Waals surface area contributed by atoms with E-state index in [9.17, 15) is 0 Å². The summed E-state index contributed by atoms with van der Waals surface area (Å²) in [6, 6.07) is 1.92. The van der Waals surface area contributed by atoms with Crippen LogP contribution < -0.4 is 11.6 Å². The highest BCUT2D eigenvalue weighted by atomic mass is 32.1. The van der Waals surface area contributed by atoms with E-state index in [-0.39, 0.29) is 0 Å². The molecule has 0 aromatic carbocycles. The predicted octanol–water partition coefficient (Wildman–Crippen LogP) is 0.999. The highest BCUT2D eigenvalue weighted by molar-refractivity contribution is 7.17. The third-order valence-electron chi connectivity index (χ3n) is 1.48. The van der Waals surface area contributed by atoms with E-state index in [4.69, 9.17) is 11.6 Å². The van der Waals surface area contributed by atoms with E-state index in [1.165, 1.54) is 0 Å². The summed E-state index contributed by atoms with van der Waals surface area (Å²) >= 11 is 1.56. The van der Waals surface area contributed by atoms with Gasteiger partial charge in [0.2, 0.25) is 0 Å². The van der Waals surface area contributed by atoms with Gasteiger partial charge in [-0.1, -0.05) is 0 Å². The lowest BCUT2D eigenvalue weighted by Gasteiger charge is -1.86. The molecule has 2 aromatic rings. The molecule has 0 fully saturated rings. The Morgan fingerprint density at radius 3 is 3.00 bits per heavy atom. The van der Waals surface area contributed by atoms with Crippen LogP contribution in [-0.2, 0) is 0 Å². The fraction of sp³-hybridized carbons (Fsp3) is 0. The van der Waals surface area contributed by atoms with Crippen LogP contribution in [0.15, 0.2) is 17.6 Å². The average Bonchev–Trinajstić information content (AvgIpc) is 2.41. The van der Waals surface area contributed by atoms with Crippen molar-refractivity contribution in [2.24, 2.45) is 0 Å². The first-order valence-corrected chi connectivity index (χ1v) is 3.76. The molecule has 0 bridgehead atoms. The second-order valence-electron chi connectivity index (χ2n) is 2.13. The van der Waals surface area contributed by atoms with Crippen molar-refractivity contribution in [3.05, 3.63) is 17.6 Å². The number of aromatic nitrogens is 1. The average molecular weight is 153 g/mol. The Labute approximate surface area is 61.8 Å². The topological polar surface area (TPSA) is 57.0 Å². The largest absolute Gasteiger partial charge is 0.398 e. The van der Waals surface area contributed by atoms with Gasteiger partial charge in [-0.3, -0.25) is 4.68 Å². The van der Waals surface area contributed by atoms with Crippen molar-refractivity contribution in [2.75, 3.05) is 11.6 Å². The van der Waals surface area contributed by atoms with Crippen LogP contribution in [0.5, 0.6) is 0 Å². The lowest BCUT2D eigenvalue weighted by molar-refractivity contribution is 1.08. The van der Waals surface area contributed by atoms with Gasteiger partial charge in [-0.2, -0.15) is 0 Å². The minimum Gasteiger partial charge on any atom is -0.398 e. The molecule has 4 N–H and O–H groups in total. The van der Waals surface area contributed by atoms with E-state index < -0.39 is 0 Å². The van der Waals surface area contributed by atoms with Crippen LogP contribution in [0.3, 0.4) is 0 Å². The Hall–Kier alpha value is -1.16. The van der Waals surface area contributed by atoms with Gasteiger partial charge in [0.1, 0.15) is 4.83 Å². The number of hydrogen-bond donors (Lipinski definition) is 2. The molecule has 52 valence electrons. The lowest BCUT2D eigenvalue weighted by Crippen LogP contribution is -2.03. The molecule has 2 heterocycles. The summed E-state index contributed by atoms with van der Waals surface area (Å²) in [6.45, 7) is 0. The lowest BCUT2D eigenvalue weighted by atomic mass is 10.4. The van der Waals surface area contributed by atoms with Gasteiger partial charge in [0.15, 0.2) is 0 Å². The van der Waals surface area contributed by atoms with Crippen LogP contribution >= 0.6 is 11.3 Å². The number of nitrogen functional groups attached to an aromatic ring is 2. The summed E-state index contributed by atoms with van der Waals surface area (Å²) in [4.78, 5) is 1.03. The zero-order valence-electron chi connectivity index (χ0n) is 5.24. The van der Waals surface area contributed by atoms with Gasteiger partial charge in [-0.25, -0.2) is 0 Å². The van der Waals surface area contributed by atoms with E-state index >= 15 is 0 Å². The molecule has 0 unspecified atom stereocenters. The van der Waals surface area contributed by atoms with E-state index in [0.717, 1.165) is 15.9 Å². The maximum Gasteiger partial charge on any atom is 0.124 e. The highest BCUT2D eigenvalue weighted by Crippen LogP contribution is 2.27. The molecule has 4 heteroatoms. The maximum absolute atomic E-state index is 5.63. The number of anilines is 1. The minimum absolute atomic E-state index is 0.809. The fourth-order valence-electron chi connectivity index (χ4n) is 0.960. The zero-order valence-corrected chi connectivity index (χ0v) is 6.06. The summed E-state index contributed by atoms with van der Waals surface area (Å²) in [6.07, 6.45) is 1.80. The van der Waals surface area contributed by atoms with Crippen molar-refractivity contribution in [3.63, 3.8) is 0 Å². The molecule has 0 aliphatic carbocycles. The Morgan fingerprint density at radius 2 is 2.30 bits per heavy atom. The van der Waals surface area contributed by atoms with Gasteiger partial charge < -0.3 is 11.6 Å².